The highest BCUT2D eigenvalue weighted by Gasteiger charge is 2.34. The number of benzene rings is 3. The molecule has 1 amide bonds. The van der Waals surface area contributed by atoms with Gasteiger partial charge in [-0.1, -0.05) is 36.4 Å². The third kappa shape index (κ3) is 3.81. The number of anilines is 3. The number of nitrogens with zero attached hydrogens (tertiary/aromatic N) is 4. The van der Waals surface area contributed by atoms with Crippen molar-refractivity contribution in [1.29, 1.82) is 0 Å². The lowest BCUT2D eigenvalue weighted by Crippen LogP contribution is -2.29. The van der Waals surface area contributed by atoms with Gasteiger partial charge in [-0.25, -0.2) is 0 Å². The van der Waals surface area contributed by atoms with Gasteiger partial charge in [0.05, 0.1) is 17.1 Å². The standard InChI is InChI=1S/C22H19N5O/c1-16-21(22(28)27(26-16)20-10-6-3-7-11-20)25-24-19-14-12-18(13-15-19)23-17-8-4-2-5-9-17/h2-15,21,23H,1H3. The Morgan fingerprint density at radius 1 is 0.857 bits per heavy atom. The molecule has 3 aromatic rings. The smallest absolute Gasteiger partial charge is 0.280 e. The number of azo groups is 1. The zero-order chi connectivity index (χ0) is 19.3. The highest BCUT2D eigenvalue weighted by Crippen LogP contribution is 2.24. The van der Waals surface area contributed by atoms with Crippen molar-refractivity contribution >= 4 is 34.4 Å². The van der Waals surface area contributed by atoms with Gasteiger partial charge >= 0.3 is 0 Å². The number of carbonyl (C=O) groups is 1. The van der Waals surface area contributed by atoms with Crippen LogP contribution in [-0.4, -0.2) is 17.7 Å². The summed E-state index contributed by atoms with van der Waals surface area (Å²) in [6.07, 6.45) is 0. The average Bonchev–Trinajstić information content (AvgIpc) is 3.02. The number of amides is 1. The van der Waals surface area contributed by atoms with E-state index in [9.17, 15) is 4.79 Å². The molecule has 1 atom stereocenters. The topological polar surface area (TPSA) is 69.4 Å². The Morgan fingerprint density at radius 2 is 1.46 bits per heavy atom. The van der Waals surface area contributed by atoms with Crippen molar-refractivity contribution in [1.82, 2.24) is 0 Å². The molecule has 4 rings (SSSR count). The van der Waals surface area contributed by atoms with Crippen molar-refractivity contribution < 1.29 is 4.79 Å². The molecule has 0 bridgehead atoms. The van der Waals surface area contributed by atoms with E-state index in [0.29, 0.717) is 11.4 Å². The molecule has 0 saturated carbocycles. The molecule has 6 heteroatoms. The summed E-state index contributed by atoms with van der Waals surface area (Å²) in [7, 11) is 0. The lowest BCUT2D eigenvalue weighted by atomic mass is 10.2. The van der Waals surface area contributed by atoms with Crippen LogP contribution in [0.2, 0.25) is 0 Å². The minimum absolute atomic E-state index is 0.199. The highest BCUT2D eigenvalue weighted by molar-refractivity contribution is 6.18. The molecule has 0 aromatic heterocycles. The maximum Gasteiger partial charge on any atom is 0.280 e. The monoisotopic (exact) mass is 369 g/mol. The van der Waals surface area contributed by atoms with Gasteiger partial charge in [0.15, 0.2) is 6.04 Å². The third-order valence-corrected chi connectivity index (χ3v) is 4.32. The second-order valence-electron chi connectivity index (χ2n) is 6.38. The van der Waals surface area contributed by atoms with Crippen molar-refractivity contribution in [3.05, 3.63) is 84.9 Å². The van der Waals surface area contributed by atoms with Crippen LogP contribution in [0.5, 0.6) is 0 Å². The number of rotatable bonds is 5. The predicted octanol–water partition coefficient (Wildman–Crippen LogP) is 5.31. The van der Waals surface area contributed by atoms with Gasteiger partial charge in [0.1, 0.15) is 0 Å². The van der Waals surface area contributed by atoms with E-state index in [4.69, 9.17) is 0 Å². The molecule has 1 unspecified atom stereocenters. The van der Waals surface area contributed by atoms with E-state index in [1.165, 1.54) is 5.01 Å². The molecule has 1 aliphatic heterocycles. The second kappa shape index (κ2) is 7.84. The number of para-hydroxylation sites is 2. The van der Waals surface area contributed by atoms with Gasteiger partial charge < -0.3 is 5.32 Å². The molecule has 6 nitrogen and oxygen atoms in total. The van der Waals surface area contributed by atoms with Crippen molar-refractivity contribution in [3.63, 3.8) is 0 Å². The largest absolute Gasteiger partial charge is 0.356 e. The van der Waals surface area contributed by atoms with Gasteiger partial charge in [0, 0.05) is 11.4 Å². The molecule has 1 N–H and O–H groups in total. The minimum atomic E-state index is -0.692. The quantitative estimate of drug-likeness (QED) is 0.620. The third-order valence-electron chi connectivity index (χ3n) is 4.32. The van der Waals surface area contributed by atoms with E-state index in [2.05, 4.69) is 20.6 Å². The van der Waals surface area contributed by atoms with Crippen LogP contribution in [0.4, 0.5) is 22.7 Å². The van der Waals surface area contributed by atoms with E-state index < -0.39 is 6.04 Å². The molecule has 0 fully saturated rings. The van der Waals surface area contributed by atoms with Crippen LogP contribution < -0.4 is 10.3 Å². The molecule has 0 saturated heterocycles. The maximum atomic E-state index is 12.6. The van der Waals surface area contributed by atoms with Crippen LogP contribution in [0.15, 0.2) is 100 Å². The zero-order valence-corrected chi connectivity index (χ0v) is 15.4. The first-order valence-corrected chi connectivity index (χ1v) is 8.98. The first-order valence-electron chi connectivity index (χ1n) is 8.98. The van der Waals surface area contributed by atoms with E-state index in [0.717, 1.165) is 17.1 Å². The fraction of sp³-hybridized carbons (Fsp3) is 0.0909. The van der Waals surface area contributed by atoms with Crippen LogP contribution in [0, 0.1) is 0 Å². The molecule has 0 spiro atoms. The first kappa shape index (κ1) is 17.6. The van der Waals surface area contributed by atoms with E-state index in [1.54, 1.807) is 6.92 Å². The van der Waals surface area contributed by atoms with Crippen molar-refractivity contribution in [2.24, 2.45) is 15.3 Å². The molecule has 138 valence electrons. The Morgan fingerprint density at radius 3 is 2.14 bits per heavy atom. The van der Waals surface area contributed by atoms with E-state index >= 15 is 0 Å². The van der Waals surface area contributed by atoms with Gasteiger partial charge in [0.25, 0.3) is 5.91 Å². The first-order chi connectivity index (χ1) is 13.7. The Labute approximate surface area is 163 Å². The number of hydrazone groups is 1. The summed E-state index contributed by atoms with van der Waals surface area (Å²) in [4.78, 5) is 12.6. The van der Waals surface area contributed by atoms with Crippen molar-refractivity contribution in [2.75, 3.05) is 10.3 Å². The summed E-state index contributed by atoms with van der Waals surface area (Å²) >= 11 is 0. The fourth-order valence-electron chi connectivity index (χ4n) is 2.87. The summed E-state index contributed by atoms with van der Waals surface area (Å²) in [5.41, 5.74) is 3.99. The fourth-order valence-corrected chi connectivity index (χ4v) is 2.87. The molecular weight excluding hydrogens is 350 g/mol. The maximum absolute atomic E-state index is 12.6. The zero-order valence-electron chi connectivity index (χ0n) is 15.4. The number of hydrogen-bond acceptors (Lipinski definition) is 5. The second-order valence-corrected chi connectivity index (χ2v) is 6.38. The van der Waals surface area contributed by atoms with Crippen molar-refractivity contribution in [3.8, 4) is 0 Å². The molecule has 1 heterocycles. The lowest BCUT2D eigenvalue weighted by molar-refractivity contribution is -0.117. The SMILES string of the molecule is CC1=NN(c2ccccc2)C(=O)C1N=Nc1ccc(Nc2ccccc2)cc1. The Hall–Kier alpha value is -3.80. The number of hydrogen-bond donors (Lipinski definition) is 1. The van der Waals surface area contributed by atoms with Gasteiger partial charge in [-0.2, -0.15) is 20.3 Å². The highest BCUT2D eigenvalue weighted by atomic mass is 16.2. The molecule has 1 aliphatic rings. The lowest BCUT2D eigenvalue weighted by Gasteiger charge is -2.11. The predicted molar refractivity (Wildman–Crippen MR) is 112 cm³/mol. The summed E-state index contributed by atoms with van der Waals surface area (Å²) in [5.74, 6) is -0.199. The van der Waals surface area contributed by atoms with Crippen LogP contribution in [-0.2, 0) is 4.79 Å². The summed E-state index contributed by atoms with van der Waals surface area (Å²) < 4.78 is 0. The number of nitrogens with one attached hydrogen (secondary N) is 1. The average molecular weight is 369 g/mol. The van der Waals surface area contributed by atoms with E-state index in [1.807, 2.05) is 84.9 Å². The van der Waals surface area contributed by atoms with Gasteiger partial charge in [0.2, 0.25) is 0 Å². The summed E-state index contributed by atoms with van der Waals surface area (Å²) in [5, 5.41) is 17.5. The van der Waals surface area contributed by atoms with Crippen LogP contribution in [0.1, 0.15) is 6.92 Å². The molecule has 0 aliphatic carbocycles. The molecular formula is C22H19N5O. The van der Waals surface area contributed by atoms with Gasteiger partial charge in [-0.15, -0.1) is 0 Å². The molecule has 3 aromatic carbocycles. The Balaban J connectivity index is 1.44. The van der Waals surface area contributed by atoms with Gasteiger partial charge in [-0.3, -0.25) is 4.79 Å². The number of carbonyl (C=O) groups excluding carboxylic acids is 1. The summed E-state index contributed by atoms with van der Waals surface area (Å²) in [6.45, 7) is 1.79. The normalized spacial score (nSPS) is 16.5. The Kier molecular flexibility index (Phi) is 4.93. The minimum Gasteiger partial charge on any atom is -0.356 e. The van der Waals surface area contributed by atoms with E-state index in [-0.39, 0.29) is 5.91 Å². The summed E-state index contributed by atoms with van der Waals surface area (Å²) in [6, 6.07) is 26.1. The van der Waals surface area contributed by atoms with Crippen LogP contribution >= 0.6 is 0 Å². The van der Waals surface area contributed by atoms with Crippen LogP contribution in [0.25, 0.3) is 0 Å². The van der Waals surface area contributed by atoms with Gasteiger partial charge in [-0.05, 0) is 55.5 Å². The Bertz CT molecular complexity index is 1010. The van der Waals surface area contributed by atoms with Crippen LogP contribution in [0.3, 0.4) is 0 Å². The van der Waals surface area contributed by atoms with Crippen molar-refractivity contribution in [2.45, 2.75) is 13.0 Å². The molecule has 0 radical (unpaired) electrons. The molecule has 28 heavy (non-hydrogen) atoms.